The molecule has 0 amide bonds. The van der Waals surface area contributed by atoms with Gasteiger partial charge in [-0.25, -0.2) is 13.1 Å². The zero-order valence-electron chi connectivity index (χ0n) is 11.5. The van der Waals surface area contributed by atoms with Crippen molar-refractivity contribution in [2.75, 3.05) is 18.4 Å². The molecule has 4 N–H and O–H groups in total. The molecule has 9 heteroatoms. The minimum atomic E-state index is -3.54. The third-order valence-electron chi connectivity index (χ3n) is 2.55. The number of benzene rings is 1. The van der Waals surface area contributed by atoms with E-state index in [0.717, 1.165) is 17.0 Å². The van der Waals surface area contributed by atoms with Gasteiger partial charge in [0.15, 0.2) is 5.96 Å². The van der Waals surface area contributed by atoms with E-state index in [1.165, 1.54) is 6.07 Å². The molecule has 1 aromatic heterocycles. The first-order chi connectivity index (χ1) is 10.5. The lowest BCUT2D eigenvalue weighted by Crippen LogP contribution is -2.28. The number of hydrogen-bond acceptors (Lipinski definition) is 4. The van der Waals surface area contributed by atoms with Crippen LogP contribution in [-0.4, -0.2) is 27.5 Å². The van der Waals surface area contributed by atoms with Crippen molar-refractivity contribution in [3.05, 3.63) is 46.8 Å². The van der Waals surface area contributed by atoms with Crippen LogP contribution in [0.2, 0.25) is 4.34 Å². The van der Waals surface area contributed by atoms with Crippen molar-refractivity contribution in [3.8, 4) is 0 Å². The van der Waals surface area contributed by atoms with E-state index in [4.69, 9.17) is 17.3 Å². The number of hydrogen-bond donors (Lipinski definition) is 3. The monoisotopic (exact) mass is 358 g/mol. The molecule has 1 aromatic carbocycles. The van der Waals surface area contributed by atoms with E-state index in [9.17, 15) is 8.42 Å². The van der Waals surface area contributed by atoms with Crippen molar-refractivity contribution in [3.63, 3.8) is 0 Å². The van der Waals surface area contributed by atoms with Crippen LogP contribution in [0.15, 0.2) is 51.7 Å². The summed E-state index contributed by atoms with van der Waals surface area (Å²) in [5, 5.41) is 2.91. The van der Waals surface area contributed by atoms with Crippen molar-refractivity contribution < 1.29 is 8.42 Å². The summed E-state index contributed by atoms with van der Waals surface area (Å²) in [4.78, 5) is 4.06. The van der Waals surface area contributed by atoms with Crippen LogP contribution in [0.4, 0.5) is 5.69 Å². The minimum Gasteiger partial charge on any atom is -0.370 e. The molecular formula is C13H15ClN4O2S2. The molecule has 0 saturated carbocycles. The number of nitrogens with zero attached hydrogens (tertiary/aromatic N) is 1. The smallest absolute Gasteiger partial charge is 0.250 e. The molecule has 6 nitrogen and oxygen atoms in total. The van der Waals surface area contributed by atoms with Gasteiger partial charge in [-0.05, 0) is 24.3 Å². The molecule has 0 atom stereocenters. The molecule has 0 aliphatic rings. The number of guanidine groups is 1. The highest BCUT2D eigenvalue weighted by Crippen LogP contribution is 2.25. The summed E-state index contributed by atoms with van der Waals surface area (Å²) in [5.41, 5.74) is 6.53. The summed E-state index contributed by atoms with van der Waals surface area (Å²) in [6.07, 6.45) is 0. The second-order valence-electron chi connectivity index (χ2n) is 4.21. The third kappa shape index (κ3) is 4.99. The Morgan fingerprint density at radius 3 is 2.59 bits per heavy atom. The summed E-state index contributed by atoms with van der Waals surface area (Å²) < 4.78 is 26.9. The Morgan fingerprint density at radius 1 is 1.23 bits per heavy atom. The Balaban J connectivity index is 1.82. The highest BCUT2D eigenvalue weighted by Gasteiger charge is 2.15. The molecule has 118 valence electrons. The van der Waals surface area contributed by atoms with E-state index in [2.05, 4.69) is 15.0 Å². The summed E-state index contributed by atoms with van der Waals surface area (Å²) >= 11 is 6.73. The molecule has 1 heterocycles. The zero-order valence-corrected chi connectivity index (χ0v) is 13.9. The molecule has 0 saturated heterocycles. The van der Waals surface area contributed by atoms with E-state index >= 15 is 0 Å². The Morgan fingerprint density at radius 2 is 1.95 bits per heavy atom. The van der Waals surface area contributed by atoms with Gasteiger partial charge in [0.2, 0.25) is 10.0 Å². The van der Waals surface area contributed by atoms with Crippen molar-refractivity contribution in [1.82, 2.24) is 4.72 Å². The molecule has 0 aliphatic carbocycles. The van der Waals surface area contributed by atoms with Crippen LogP contribution in [-0.2, 0) is 10.0 Å². The van der Waals surface area contributed by atoms with Crippen LogP contribution in [0.25, 0.3) is 0 Å². The van der Waals surface area contributed by atoms with E-state index in [1.807, 2.05) is 30.3 Å². The largest absolute Gasteiger partial charge is 0.370 e. The number of thiophene rings is 1. The fraction of sp³-hybridized carbons (Fsp3) is 0.154. The Hall–Kier alpha value is -1.61. The molecule has 0 bridgehead atoms. The van der Waals surface area contributed by atoms with Gasteiger partial charge in [0.05, 0.1) is 10.9 Å². The first-order valence-corrected chi connectivity index (χ1v) is 9.02. The second-order valence-corrected chi connectivity index (χ2v) is 7.92. The lowest BCUT2D eigenvalue weighted by atomic mass is 10.3. The summed E-state index contributed by atoms with van der Waals surface area (Å²) in [6.45, 7) is 0.374. The topological polar surface area (TPSA) is 96.6 Å². The molecule has 0 spiro atoms. The van der Waals surface area contributed by atoms with Gasteiger partial charge in [0.25, 0.3) is 0 Å². The lowest BCUT2D eigenvalue weighted by molar-refractivity contribution is 0.584. The molecule has 22 heavy (non-hydrogen) atoms. The van der Waals surface area contributed by atoms with Crippen molar-refractivity contribution in [2.45, 2.75) is 4.21 Å². The summed E-state index contributed by atoms with van der Waals surface area (Å²) in [7, 11) is -3.54. The van der Waals surface area contributed by atoms with Crippen molar-refractivity contribution in [1.29, 1.82) is 0 Å². The quantitative estimate of drug-likeness (QED) is 0.418. The van der Waals surface area contributed by atoms with Gasteiger partial charge in [-0.2, -0.15) is 0 Å². The molecule has 0 radical (unpaired) electrons. The van der Waals surface area contributed by atoms with E-state index in [-0.39, 0.29) is 23.3 Å². The molecule has 2 aromatic rings. The zero-order chi connectivity index (χ0) is 16.0. The molecular weight excluding hydrogens is 344 g/mol. The number of para-hydroxylation sites is 1. The van der Waals surface area contributed by atoms with Crippen LogP contribution in [0.1, 0.15) is 0 Å². The van der Waals surface area contributed by atoms with Crippen molar-refractivity contribution in [2.24, 2.45) is 10.7 Å². The highest BCUT2D eigenvalue weighted by atomic mass is 35.5. The minimum absolute atomic E-state index is 0.148. The fourth-order valence-electron chi connectivity index (χ4n) is 1.58. The predicted molar refractivity (Wildman–Crippen MR) is 91.1 cm³/mol. The van der Waals surface area contributed by atoms with Gasteiger partial charge < -0.3 is 11.1 Å². The van der Waals surface area contributed by atoms with Crippen LogP contribution in [0.3, 0.4) is 0 Å². The van der Waals surface area contributed by atoms with E-state index < -0.39 is 10.0 Å². The van der Waals surface area contributed by atoms with Crippen molar-refractivity contribution >= 4 is 44.6 Å². The third-order valence-corrected chi connectivity index (χ3v) is 5.73. The summed E-state index contributed by atoms with van der Waals surface area (Å²) in [5.74, 6) is 0.226. The van der Waals surface area contributed by atoms with Gasteiger partial charge in [-0.3, -0.25) is 4.99 Å². The number of halogens is 1. The Bertz CT molecular complexity index is 744. The maximum atomic E-state index is 11.9. The standard InChI is InChI=1S/C13H15ClN4O2S2/c14-11-6-7-12(21-11)22(19,20)17-9-8-16-13(15)18-10-4-2-1-3-5-10/h1-7,17H,8-9H2,(H3,15,16,18). The predicted octanol–water partition coefficient (Wildman–Crippen LogP) is 2.11. The maximum absolute atomic E-state index is 11.9. The van der Waals surface area contributed by atoms with Gasteiger partial charge in [-0.15, -0.1) is 11.3 Å². The van der Waals surface area contributed by atoms with Crippen LogP contribution < -0.4 is 15.8 Å². The molecule has 0 aliphatic heterocycles. The van der Waals surface area contributed by atoms with Gasteiger partial charge in [0.1, 0.15) is 4.21 Å². The number of rotatable bonds is 6. The maximum Gasteiger partial charge on any atom is 0.250 e. The average Bonchev–Trinajstić information content (AvgIpc) is 2.92. The number of anilines is 1. The molecule has 0 unspecified atom stereocenters. The number of aliphatic imine (C=N–C) groups is 1. The van der Waals surface area contributed by atoms with Crippen LogP contribution >= 0.6 is 22.9 Å². The van der Waals surface area contributed by atoms with E-state index in [1.54, 1.807) is 6.07 Å². The average molecular weight is 359 g/mol. The van der Waals surface area contributed by atoms with Crippen LogP contribution in [0, 0.1) is 0 Å². The number of nitrogens with two attached hydrogens (primary N) is 1. The molecule has 0 fully saturated rings. The first-order valence-electron chi connectivity index (χ1n) is 6.34. The van der Waals surface area contributed by atoms with Gasteiger partial charge >= 0.3 is 0 Å². The number of sulfonamides is 1. The van der Waals surface area contributed by atoms with Crippen LogP contribution in [0.5, 0.6) is 0 Å². The van der Waals surface area contributed by atoms with Gasteiger partial charge in [0, 0.05) is 12.2 Å². The van der Waals surface area contributed by atoms with E-state index in [0.29, 0.717) is 4.34 Å². The summed E-state index contributed by atoms with van der Waals surface area (Å²) in [6, 6.07) is 12.3. The highest BCUT2D eigenvalue weighted by molar-refractivity contribution is 7.91. The van der Waals surface area contributed by atoms with Gasteiger partial charge in [-0.1, -0.05) is 29.8 Å². The SMILES string of the molecule is NC(=NCCNS(=O)(=O)c1ccc(Cl)s1)Nc1ccccc1. The Kier molecular flexibility index (Phi) is 5.78. The molecule has 2 rings (SSSR count). The second kappa shape index (κ2) is 7.59. The normalized spacial score (nSPS) is 12.3. The fourth-order valence-corrected chi connectivity index (χ4v) is 4.13. The number of nitrogens with one attached hydrogen (secondary N) is 2. The lowest BCUT2D eigenvalue weighted by Gasteiger charge is -2.06. The first kappa shape index (κ1) is 16.8. The Labute approximate surface area is 138 Å².